The molecule has 2 aromatic carbocycles. The fraction of sp³-hybridized carbons (Fsp3) is 0.303. The maximum absolute atomic E-state index is 12.7. The first-order valence-electron chi connectivity index (χ1n) is 13.8. The van der Waals surface area contributed by atoms with Crippen molar-refractivity contribution in [3.63, 3.8) is 0 Å². The van der Waals surface area contributed by atoms with Crippen molar-refractivity contribution in [2.24, 2.45) is 5.92 Å². The van der Waals surface area contributed by atoms with E-state index in [0.29, 0.717) is 43.0 Å². The van der Waals surface area contributed by atoms with E-state index in [4.69, 9.17) is 14.2 Å². The largest absolute Gasteiger partial charge is 0.493 e. The molecule has 0 bridgehead atoms. The molecule has 1 aliphatic rings. The van der Waals surface area contributed by atoms with Crippen molar-refractivity contribution < 1.29 is 19.0 Å². The van der Waals surface area contributed by atoms with E-state index in [9.17, 15) is 4.79 Å². The van der Waals surface area contributed by atoms with Crippen LogP contribution in [0.2, 0.25) is 0 Å². The highest BCUT2D eigenvalue weighted by Crippen LogP contribution is 2.25. The molecule has 206 valence electrons. The Labute approximate surface area is 235 Å². The maximum atomic E-state index is 12.7. The van der Waals surface area contributed by atoms with Crippen LogP contribution in [-0.4, -0.2) is 40.7 Å². The Morgan fingerprint density at radius 2 is 1.57 bits per heavy atom. The second-order valence-corrected chi connectivity index (χ2v) is 10.3. The lowest BCUT2D eigenvalue weighted by Gasteiger charge is -2.31. The van der Waals surface area contributed by atoms with Gasteiger partial charge in [-0.2, -0.15) is 0 Å². The topological polar surface area (TPSA) is 73.8 Å². The van der Waals surface area contributed by atoms with Gasteiger partial charge in [0.25, 0.3) is 0 Å². The Hall–Kier alpha value is -4.39. The maximum Gasteiger partial charge on any atom is 0.415 e. The number of carbonyl (C=O) groups is 1. The molecule has 1 fully saturated rings. The molecule has 1 amide bonds. The summed E-state index contributed by atoms with van der Waals surface area (Å²) in [5.74, 6) is 3.03. The number of aryl methyl sites for hydroxylation is 4. The van der Waals surface area contributed by atoms with Gasteiger partial charge in [-0.25, -0.2) is 9.78 Å². The summed E-state index contributed by atoms with van der Waals surface area (Å²) < 4.78 is 17.4. The van der Waals surface area contributed by atoms with Crippen molar-refractivity contribution in [2.45, 2.75) is 39.5 Å². The minimum atomic E-state index is -0.297. The third kappa shape index (κ3) is 7.82. The zero-order chi connectivity index (χ0) is 27.7. The van der Waals surface area contributed by atoms with Crippen LogP contribution in [0.3, 0.4) is 0 Å². The lowest BCUT2D eigenvalue weighted by molar-refractivity contribution is 0.117. The highest BCUT2D eigenvalue weighted by Gasteiger charge is 2.24. The third-order valence-electron chi connectivity index (χ3n) is 7.03. The summed E-state index contributed by atoms with van der Waals surface area (Å²) in [6.45, 7) is 5.92. The number of nitrogens with zero attached hydrogens (tertiary/aromatic N) is 3. The average Bonchev–Trinajstić information content (AvgIpc) is 2.98. The van der Waals surface area contributed by atoms with Crippen LogP contribution in [0.5, 0.6) is 23.1 Å². The normalized spacial score (nSPS) is 13.6. The third-order valence-corrected chi connectivity index (χ3v) is 7.03. The van der Waals surface area contributed by atoms with E-state index >= 15 is 0 Å². The number of hydrogen-bond donors (Lipinski definition) is 0. The first kappa shape index (κ1) is 27.2. The predicted molar refractivity (Wildman–Crippen MR) is 154 cm³/mol. The number of carbonyl (C=O) groups excluding carboxylic acids is 1. The van der Waals surface area contributed by atoms with Crippen molar-refractivity contribution in [1.82, 2.24) is 14.9 Å². The summed E-state index contributed by atoms with van der Waals surface area (Å²) >= 11 is 0. The van der Waals surface area contributed by atoms with Crippen molar-refractivity contribution in [3.05, 3.63) is 108 Å². The molecule has 1 aliphatic heterocycles. The zero-order valence-electron chi connectivity index (χ0n) is 23.1. The van der Waals surface area contributed by atoms with Gasteiger partial charge in [-0.15, -0.1) is 0 Å². The number of hydrogen-bond acceptors (Lipinski definition) is 6. The van der Waals surface area contributed by atoms with Gasteiger partial charge in [0.05, 0.1) is 6.61 Å². The SMILES string of the molecule is Cc1ccc(Oc2ccc(OCC3CCN(C(=O)Oc4ccc(CCc5cccc(C)n5)cc4)CC3)cc2)nc1. The summed E-state index contributed by atoms with van der Waals surface area (Å²) in [5, 5.41) is 0. The van der Waals surface area contributed by atoms with Crippen LogP contribution in [0.1, 0.15) is 35.4 Å². The number of pyridine rings is 2. The Morgan fingerprint density at radius 1 is 0.850 bits per heavy atom. The quantitative estimate of drug-likeness (QED) is 0.230. The van der Waals surface area contributed by atoms with Gasteiger partial charge in [0.15, 0.2) is 0 Å². The van der Waals surface area contributed by atoms with E-state index in [-0.39, 0.29) is 6.09 Å². The second kappa shape index (κ2) is 13.1. The second-order valence-electron chi connectivity index (χ2n) is 10.3. The molecule has 2 aromatic heterocycles. The van der Waals surface area contributed by atoms with Crippen molar-refractivity contribution in [2.75, 3.05) is 19.7 Å². The van der Waals surface area contributed by atoms with Gasteiger partial charge in [0.2, 0.25) is 5.88 Å². The summed E-state index contributed by atoms with van der Waals surface area (Å²) in [5.41, 5.74) is 4.40. The Morgan fingerprint density at radius 3 is 2.27 bits per heavy atom. The molecule has 40 heavy (non-hydrogen) atoms. The lowest BCUT2D eigenvalue weighted by Crippen LogP contribution is -2.41. The number of rotatable bonds is 9. The van der Waals surface area contributed by atoms with Crippen LogP contribution >= 0.6 is 0 Å². The predicted octanol–water partition coefficient (Wildman–Crippen LogP) is 6.96. The summed E-state index contributed by atoms with van der Waals surface area (Å²) in [6.07, 6.45) is 5.01. The van der Waals surface area contributed by atoms with E-state index in [1.165, 1.54) is 5.56 Å². The average molecular weight is 538 g/mol. The van der Waals surface area contributed by atoms with E-state index in [1.807, 2.05) is 86.6 Å². The molecule has 1 saturated heterocycles. The highest BCUT2D eigenvalue weighted by atomic mass is 16.6. The Kier molecular flexibility index (Phi) is 8.91. The number of benzene rings is 2. The molecule has 0 radical (unpaired) electrons. The minimum Gasteiger partial charge on any atom is -0.493 e. The van der Waals surface area contributed by atoms with Crippen molar-refractivity contribution in [3.8, 4) is 23.1 Å². The van der Waals surface area contributed by atoms with E-state index in [0.717, 1.165) is 48.4 Å². The van der Waals surface area contributed by atoms with Gasteiger partial charge in [-0.1, -0.05) is 24.3 Å². The smallest absolute Gasteiger partial charge is 0.415 e. The molecule has 0 aliphatic carbocycles. The van der Waals surface area contributed by atoms with Crippen molar-refractivity contribution >= 4 is 6.09 Å². The van der Waals surface area contributed by atoms with Gasteiger partial charge >= 0.3 is 6.09 Å². The lowest BCUT2D eigenvalue weighted by atomic mass is 9.98. The first-order chi connectivity index (χ1) is 19.5. The molecular weight excluding hydrogens is 502 g/mol. The Balaban J connectivity index is 1.01. The van der Waals surface area contributed by atoms with E-state index in [1.54, 1.807) is 11.1 Å². The van der Waals surface area contributed by atoms with Gasteiger partial charge in [-0.3, -0.25) is 4.98 Å². The molecule has 7 nitrogen and oxygen atoms in total. The number of piperidine rings is 1. The summed E-state index contributed by atoms with van der Waals surface area (Å²) in [7, 11) is 0. The molecule has 0 saturated carbocycles. The fourth-order valence-corrected chi connectivity index (χ4v) is 4.64. The molecule has 7 heteroatoms. The molecule has 0 unspecified atom stereocenters. The molecule has 5 rings (SSSR count). The molecule has 4 aromatic rings. The van der Waals surface area contributed by atoms with Gasteiger partial charge in [0, 0.05) is 36.7 Å². The highest BCUT2D eigenvalue weighted by molar-refractivity contribution is 5.70. The van der Waals surface area contributed by atoms with Gasteiger partial charge < -0.3 is 19.1 Å². The standard InChI is InChI=1S/C33H35N3O4/c1-24-6-17-32(34-22-24)39-30-15-13-29(14-16-30)38-23-27-18-20-36(21-19-27)33(37)40-31-11-8-26(9-12-31)7-10-28-5-3-4-25(2)35-28/h3-6,8-9,11-17,22,27H,7,10,18-21,23H2,1-2H3. The van der Waals surface area contributed by atoms with Crippen molar-refractivity contribution in [1.29, 1.82) is 0 Å². The fourth-order valence-electron chi connectivity index (χ4n) is 4.64. The number of amides is 1. The van der Waals surface area contributed by atoms with Gasteiger partial charge in [0.1, 0.15) is 17.2 Å². The first-order valence-corrected chi connectivity index (χ1v) is 13.8. The molecule has 3 heterocycles. The molecule has 0 atom stereocenters. The molecular formula is C33H35N3O4. The van der Waals surface area contributed by atoms with Gasteiger partial charge in [-0.05, 0) is 105 Å². The Bertz CT molecular complexity index is 1380. The number of likely N-dealkylation sites (tertiary alicyclic amines) is 1. The summed E-state index contributed by atoms with van der Waals surface area (Å²) in [6, 6.07) is 25.2. The van der Waals surface area contributed by atoms with Crippen LogP contribution in [-0.2, 0) is 12.8 Å². The summed E-state index contributed by atoms with van der Waals surface area (Å²) in [4.78, 5) is 23.3. The number of ether oxygens (including phenoxy) is 3. The molecule has 0 spiro atoms. The molecule has 0 N–H and O–H groups in total. The number of aromatic nitrogens is 2. The minimum absolute atomic E-state index is 0.297. The van der Waals surface area contributed by atoms with E-state index in [2.05, 4.69) is 16.0 Å². The van der Waals surface area contributed by atoms with Crippen LogP contribution in [0.25, 0.3) is 0 Å². The van der Waals surface area contributed by atoms with E-state index < -0.39 is 0 Å². The zero-order valence-corrected chi connectivity index (χ0v) is 23.1. The van der Waals surface area contributed by atoms with Crippen LogP contribution in [0, 0.1) is 19.8 Å². The monoisotopic (exact) mass is 537 g/mol. The van der Waals surface area contributed by atoms with Crippen LogP contribution in [0.4, 0.5) is 4.79 Å². The van der Waals surface area contributed by atoms with Crippen LogP contribution < -0.4 is 14.2 Å². The van der Waals surface area contributed by atoms with Crippen LogP contribution in [0.15, 0.2) is 85.1 Å².